The predicted octanol–water partition coefficient (Wildman–Crippen LogP) is 28.6. The summed E-state index contributed by atoms with van der Waals surface area (Å²) in [7, 11) is 3.40. The Hall–Kier alpha value is -16.0. The molecule has 0 saturated heterocycles. The lowest BCUT2D eigenvalue weighted by atomic mass is 9.68. The average Bonchev–Trinajstić information content (AvgIpc) is 1.56. The van der Waals surface area contributed by atoms with Gasteiger partial charge in [-0.15, -0.1) is 0 Å². The minimum atomic E-state index is -0.612. The van der Waals surface area contributed by atoms with Crippen molar-refractivity contribution in [2.24, 2.45) is 0 Å². The maximum atomic E-state index is 13.9. The number of aryl methyl sites for hydroxylation is 2. The van der Waals surface area contributed by atoms with E-state index in [0.29, 0.717) is 34.1 Å². The van der Waals surface area contributed by atoms with E-state index in [1.807, 2.05) is 133 Å². The second-order valence-corrected chi connectivity index (χ2v) is 31.9. The van der Waals surface area contributed by atoms with Gasteiger partial charge >= 0.3 is 0 Å². The molecule has 0 unspecified atom stereocenters. The Morgan fingerprint density at radius 1 is 0.208 bits per heavy atom. The highest BCUT2D eigenvalue weighted by Gasteiger charge is 2.49. The van der Waals surface area contributed by atoms with E-state index in [-0.39, 0.29) is 5.78 Å². The Morgan fingerprint density at radius 3 is 0.632 bits per heavy atom. The summed E-state index contributed by atoms with van der Waals surface area (Å²) in [6, 6.07) is 151. The van der Waals surface area contributed by atoms with Crippen LogP contribution in [0.1, 0.15) is 105 Å². The van der Waals surface area contributed by atoms with Crippen LogP contribution in [-0.2, 0) is 16.2 Å². The van der Waals surface area contributed by atoms with E-state index in [1.54, 1.807) is 14.2 Å². The first-order chi connectivity index (χ1) is 61.5. The van der Waals surface area contributed by atoms with Gasteiger partial charge in [0.2, 0.25) is 0 Å². The number of rotatable bonds is 19. The Kier molecular flexibility index (Phi) is 20.6. The van der Waals surface area contributed by atoms with Crippen molar-refractivity contribution in [3.8, 4) is 114 Å². The highest BCUT2D eigenvalue weighted by molar-refractivity contribution is 6.09. The quantitative estimate of drug-likeness (QED) is 0.0590. The molecule has 0 N–H and O–H groups in total. The lowest BCUT2D eigenvalue weighted by Crippen LogP contribution is -2.28. The molecule has 0 spiro atoms. The number of carbonyl (C=O) groups is 1. The summed E-state index contributed by atoms with van der Waals surface area (Å²) in [6.07, 6.45) is 0. The van der Waals surface area contributed by atoms with Gasteiger partial charge in [-0.05, 0) is 295 Å². The van der Waals surface area contributed by atoms with Crippen LogP contribution in [0.25, 0.3) is 44.5 Å². The minimum absolute atomic E-state index is 0.0982. The Bertz CT molecular complexity index is 6910. The zero-order chi connectivity index (χ0) is 84.4. The molecule has 0 fully saturated rings. The number of carbonyl (C=O) groups excluding carboxylic acids is 1. The van der Waals surface area contributed by atoms with Gasteiger partial charge in [-0.1, -0.05) is 290 Å². The molecule has 0 aromatic heterocycles. The average molecular weight is 1610 g/mol. The van der Waals surface area contributed by atoms with Crippen molar-refractivity contribution in [3.63, 3.8) is 0 Å². The van der Waals surface area contributed by atoms with Crippen LogP contribution in [0.4, 0.5) is 0 Å². The second kappa shape index (κ2) is 33.2. The van der Waals surface area contributed by atoms with Crippen LogP contribution in [-0.4, -0.2) is 20.0 Å². The third-order valence-electron chi connectivity index (χ3n) is 24.7. The summed E-state index contributed by atoms with van der Waals surface area (Å²) in [5, 5.41) is 0. The molecule has 3 aliphatic rings. The Morgan fingerprint density at radius 2 is 0.392 bits per heavy atom. The van der Waals surface area contributed by atoms with Crippen molar-refractivity contribution in [1.82, 2.24) is 0 Å². The van der Waals surface area contributed by atoms with Gasteiger partial charge in [0.05, 0.1) is 30.5 Å². The molecular weight excluding hydrogens is 1530 g/mol. The van der Waals surface area contributed by atoms with E-state index in [9.17, 15) is 4.79 Å². The fourth-order valence-electron chi connectivity index (χ4n) is 18.8. The van der Waals surface area contributed by atoms with Crippen molar-refractivity contribution in [1.29, 1.82) is 0 Å². The second-order valence-electron chi connectivity index (χ2n) is 31.9. The van der Waals surface area contributed by atoms with Gasteiger partial charge in [-0.2, -0.15) is 0 Å². The van der Waals surface area contributed by atoms with E-state index in [2.05, 4.69) is 329 Å². The van der Waals surface area contributed by atoms with E-state index in [0.717, 1.165) is 67.9 Å². The monoisotopic (exact) mass is 1610 g/mol. The number of hydrogen-bond acceptors (Lipinski definition) is 7. The zero-order valence-corrected chi connectivity index (χ0v) is 69.4. The van der Waals surface area contributed by atoms with Crippen molar-refractivity contribution in [3.05, 3.63) is 537 Å². The van der Waals surface area contributed by atoms with Gasteiger partial charge < -0.3 is 28.4 Å². The molecule has 18 aromatic carbocycles. The first-order valence-electron chi connectivity index (χ1n) is 42.1. The maximum Gasteiger partial charge on any atom is 0.193 e. The summed E-state index contributed by atoms with van der Waals surface area (Å²) in [6.45, 7) is 4.18. The topological polar surface area (TPSA) is 72.5 Å². The maximum absolute atomic E-state index is 13.9. The smallest absolute Gasteiger partial charge is 0.193 e. The molecule has 0 aliphatic heterocycles. The summed E-state index contributed by atoms with van der Waals surface area (Å²) in [4.78, 5) is 13.9. The zero-order valence-electron chi connectivity index (χ0n) is 69.4. The number of ketones is 1. The van der Waals surface area contributed by atoms with Crippen LogP contribution in [0.3, 0.4) is 0 Å². The molecule has 125 heavy (non-hydrogen) atoms. The van der Waals surface area contributed by atoms with E-state index in [4.69, 9.17) is 28.4 Å². The minimum Gasteiger partial charge on any atom is -0.497 e. The number of benzene rings is 18. The normalized spacial score (nSPS) is 12.8. The van der Waals surface area contributed by atoms with E-state index >= 15 is 0 Å². The molecule has 0 atom stereocenters. The molecule has 18 aromatic rings. The van der Waals surface area contributed by atoms with Gasteiger partial charge in [-0.25, -0.2) is 0 Å². The Balaban J connectivity index is 0.000000201. The lowest BCUT2D eigenvalue weighted by Gasteiger charge is -2.34. The van der Waals surface area contributed by atoms with Crippen molar-refractivity contribution >= 4 is 5.78 Å². The summed E-state index contributed by atoms with van der Waals surface area (Å²) in [5.41, 5.74) is 28.0. The van der Waals surface area contributed by atoms with Crippen LogP contribution in [0.15, 0.2) is 437 Å². The van der Waals surface area contributed by atoms with Crippen LogP contribution >= 0.6 is 0 Å². The number of hydrogen-bond donors (Lipinski definition) is 0. The van der Waals surface area contributed by atoms with Crippen molar-refractivity contribution < 1.29 is 33.2 Å². The first-order valence-corrected chi connectivity index (χ1v) is 42.1. The van der Waals surface area contributed by atoms with Crippen molar-refractivity contribution in [2.75, 3.05) is 14.2 Å². The molecule has 0 amide bonds. The fraction of sp³-hybridized carbons (Fsp3) is 0.0593. The van der Waals surface area contributed by atoms with E-state index < -0.39 is 16.2 Å². The molecule has 0 heterocycles. The fourth-order valence-corrected chi connectivity index (χ4v) is 18.8. The molecule has 0 radical (unpaired) electrons. The standard InChI is InChI=1S/C79H54O5.C39H30O2/c1-53-19-21-54(22-20-53)23-24-55-25-39-63(40-26-55)82-66-47-33-60(34-48-66)79(75-17-9-5-13-71(75)72-14-6-10-18-76(72)79)61-37-51-68(52-38-61)84-65-43-29-57(30-44-65)77(80)56-27-41-64(42-28-56)83-67-49-35-59(36-50-67)78(58-31-45-62(81-2)46-32-58)73-15-7-3-11-69(73)70-12-4-8-16-74(70)78;1-27-11-13-28(14-12-27)29-15-21-33(22-16-29)41-34-25-19-31(20-26-34)39(30-17-23-32(40-2)24-18-30)37-9-5-3-7-35(37)36-8-4-6-10-38(36)39/h3-22,25-52H,1-2H3;3-26H,1-2H3. The third kappa shape index (κ3) is 14.3. The highest BCUT2D eigenvalue weighted by atomic mass is 16.5. The summed E-state index contributed by atoms with van der Waals surface area (Å²) in [5.74, 6) is 13.8. The molecule has 598 valence electrons. The molecule has 0 bridgehead atoms. The Labute approximate surface area is 729 Å². The van der Waals surface area contributed by atoms with Crippen LogP contribution in [0.2, 0.25) is 0 Å². The number of methoxy groups -OCH3 is 2. The lowest BCUT2D eigenvalue weighted by molar-refractivity contribution is 0.103. The third-order valence-corrected chi connectivity index (χ3v) is 24.7. The molecule has 21 rings (SSSR count). The molecule has 3 aliphatic carbocycles. The first kappa shape index (κ1) is 77.6. The van der Waals surface area contributed by atoms with Crippen LogP contribution in [0, 0.1) is 25.7 Å². The van der Waals surface area contributed by atoms with Gasteiger partial charge in [0.1, 0.15) is 57.5 Å². The van der Waals surface area contributed by atoms with Gasteiger partial charge in [0, 0.05) is 22.3 Å². The van der Waals surface area contributed by atoms with Gasteiger partial charge in [-0.3, -0.25) is 4.79 Å². The van der Waals surface area contributed by atoms with E-state index in [1.165, 1.54) is 100 Å². The molecule has 7 heteroatoms. The number of ether oxygens (including phenoxy) is 6. The molecule has 0 saturated carbocycles. The largest absolute Gasteiger partial charge is 0.497 e. The summed E-state index contributed by atoms with van der Waals surface area (Å²) < 4.78 is 36.6. The predicted molar refractivity (Wildman–Crippen MR) is 501 cm³/mol. The highest BCUT2D eigenvalue weighted by Crippen LogP contribution is 2.60. The van der Waals surface area contributed by atoms with Crippen molar-refractivity contribution in [2.45, 2.75) is 30.1 Å². The van der Waals surface area contributed by atoms with Crippen LogP contribution in [0.5, 0.6) is 57.5 Å². The molecule has 7 nitrogen and oxygen atoms in total. The van der Waals surface area contributed by atoms with Crippen LogP contribution < -0.4 is 28.4 Å². The van der Waals surface area contributed by atoms with Gasteiger partial charge in [0.25, 0.3) is 0 Å². The number of fused-ring (bicyclic) bond motifs is 9. The molecular formula is C118H84O7. The van der Waals surface area contributed by atoms with Gasteiger partial charge in [0.15, 0.2) is 5.78 Å². The summed E-state index contributed by atoms with van der Waals surface area (Å²) >= 11 is 0. The SMILES string of the molecule is COc1ccc(C2(c3ccc(Oc4ccc(-c5ccc(C)cc5)cc4)cc3)c3ccccc3-c3ccccc32)cc1.COc1ccc(C2(c3ccc(Oc4ccc(C(=O)c5ccc(Oc6ccc(C7(c8ccc(Oc9ccc(C#Cc%10ccc(C)cc%10)cc9)cc8)c8ccccc8-c8ccccc87)cc6)cc5)cc4)cc3)c3ccccc3-c3ccccc32)cc1.